The van der Waals surface area contributed by atoms with Crippen LogP contribution in [0.1, 0.15) is 12.5 Å². The maximum absolute atomic E-state index is 17.7. The fraction of sp³-hybridized carbons (Fsp3) is 0.125. The Kier molecular flexibility index (Phi) is 12.4. The Labute approximate surface area is 393 Å². The molecular weight excluding hydrogens is 1030 g/mol. The summed E-state index contributed by atoms with van der Waals surface area (Å²) in [6.07, 6.45) is -13.1. The van der Waals surface area contributed by atoms with Crippen LogP contribution < -0.4 is 32.5 Å². The standard InChI is InChI=1S/C48H25B2F20OP/c1-19-18-72(21-13-7-3-8-14-21,22-15-9-4-10-16-22)48-23(19)49(24-28(51)36(59)44(67)37(60)29(24)52,25-30(53)38(61)45(68)39(62)31(25)54)71(17-20-11-5-2-6-12-20)50(48,26-32(55)40(63)46(69)41(64)33(26)56)27-34(57)42(65)47(70)43(66)35(27)58/h2-16,19,23,48H,17-18H2,1H3/t19-,23+,48+/m0/s1. The van der Waals surface area contributed by atoms with Gasteiger partial charge in [0.05, 0.1) is 30.6 Å². The van der Waals surface area contributed by atoms with Gasteiger partial charge in [-0.1, -0.05) is 79.5 Å². The average molecular weight is 1050 g/mol. The summed E-state index contributed by atoms with van der Waals surface area (Å²) in [5, 5.41) is -0.507. The van der Waals surface area contributed by atoms with Crippen molar-refractivity contribution >= 4 is 52.4 Å². The smallest absolute Gasteiger partial charge is 0.349 e. The lowest BCUT2D eigenvalue weighted by atomic mass is 9.23. The zero-order valence-electron chi connectivity index (χ0n) is 35.9. The Bertz CT molecular complexity index is 3090. The second kappa shape index (κ2) is 17.7. The van der Waals surface area contributed by atoms with Gasteiger partial charge < -0.3 is 4.20 Å². The molecule has 0 radical (unpaired) electrons. The summed E-state index contributed by atoms with van der Waals surface area (Å²) in [5.74, 6) is -67.7. The maximum atomic E-state index is 17.7. The highest BCUT2D eigenvalue weighted by Crippen LogP contribution is 2.79. The van der Waals surface area contributed by atoms with Crippen molar-refractivity contribution in [1.82, 2.24) is 0 Å². The molecule has 0 unspecified atom stereocenters. The van der Waals surface area contributed by atoms with Gasteiger partial charge in [0.2, 0.25) is 0 Å². The van der Waals surface area contributed by atoms with Gasteiger partial charge in [0.15, 0.2) is 69.8 Å². The van der Waals surface area contributed by atoms with Crippen molar-refractivity contribution in [3.8, 4) is 0 Å². The molecule has 2 fully saturated rings. The number of rotatable bonds is 8. The summed E-state index contributed by atoms with van der Waals surface area (Å²) >= 11 is 0. The van der Waals surface area contributed by atoms with E-state index >= 15 is 87.8 Å². The lowest BCUT2D eigenvalue weighted by Gasteiger charge is -2.63. The monoisotopic (exact) mass is 1050 g/mol. The van der Waals surface area contributed by atoms with E-state index in [1.165, 1.54) is 46.7 Å². The van der Waals surface area contributed by atoms with Crippen molar-refractivity contribution in [3.63, 3.8) is 0 Å². The largest absolute Gasteiger partial charge is 0.913 e. The first-order valence-electron chi connectivity index (χ1n) is 21.1. The minimum Gasteiger partial charge on any atom is -0.913 e. The molecule has 9 rings (SSSR count). The number of fused-ring (bicyclic) bond motifs is 1. The SMILES string of the molecule is C[C@H]1C[P+](c2ccccc2)(c2ccccc2)[C@@H]2[C@@H]1[B-](c1c(F)c(F)c(F)c(F)c1F)(c1c(F)c(F)c(F)c(F)c1F)[O+](Cc1ccccc1)[B-]2(c1c(F)c(F)c(F)c(F)c1F)c1c(F)c(F)c(F)c(F)c1F. The molecule has 0 N–H and O–H groups in total. The Balaban J connectivity index is 1.76. The normalized spacial score (nSPS) is 19.0. The minimum atomic E-state index is -6.14. The van der Waals surface area contributed by atoms with Crippen molar-refractivity contribution in [1.29, 1.82) is 0 Å². The molecule has 0 spiro atoms. The third-order valence-electron chi connectivity index (χ3n) is 14.4. The van der Waals surface area contributed by atoms with E-state index in [2.05, 4.69) is 0 Å². The first-order chi connectivity index (χ1) is 34.0. The van der Waals surface area contributed by atoms with Crippen LogP contribution in [-0.4, -0.2) is 24.4 Å². The van der Waals surface area contributed by atoms with E-state index in [0.29, 0.717) is 0 Å². The molecule has 3 atom stereocenters. The number of hydrogen-bond acceptors (Lipinski definition) is 0. The summed E-state index contributed by atoms with van der Waals surface area (Å²) in [6, 6.07) is 17.0. The molecule has 2 aliphatic rings. The molecule has 2 saturated heterocycles. The first-order valence-corrected chi connectivity index (χ1v) is 23.2. The second-order valence-corrected chi connectivity index (χ2v) is 21.2. The van der Waals surface area contributed by atoms with E-state index in [-0.39, 0.29) is 10.6 Å². The van der Waals surface area contributed by atoms with E-state index < -0.39 is 194 Å². The molecule has 0 aromatic heterocycles. The first kappa shape index (κ1) is 50.6. The van der Waals surface area contributed by atoms with Gasteiger partial charge in [-0.3, -0.25) is 0 Å². The molecule has 2 aliphatic heterocycles. The van der Waals surface area contributed by atoms with Crippen LogP contribution in [0.25, 0.3) is 0 Å². The van der Waals surface area contributed by atoms with Crippen molar-refractivity contribution in [2.75, 3.05) is 6.16 Å². The number of benzene rings is 7. The highest BCUT2D eigenvalue weighted by Gasteiger charge is 2.82. The number of hydrogen-bond donors (Lipinski definition) is 0. The van der Waals surface area contributed by atoms with Crippen LogP contribution in [0, 0.1) is 122 Å². The van der Waals surface area contributed by atoms with E-state index in [0.717, 1.165) is 55.5 Å². The molecule has 0 aliphatic carbocycles. The molecule has 24 heteroatoms. The van der Waals surface area contributed by atoms with Crippen LogP contribution >= 0.6 is 7.26 Å². The molecule has 72 heavy (non-hydrogen) atoms. The Hall–Kier alpha value is -6.34. The summed E-state index contributed by atoms with van der Waals surface area (Å²) < 4.78 is 334. The van der Waals surface area contributed by atoms with Gasteiger partial charge in [-0.2, -0.15) is 0 Å². The fourth-order valence-corrected chi connectivity index (χ4v) is 18.7. The third-order valence-corrected chi connectivity index (χ3v) is 19.8. The molecule has 0 saturated carbocycles. The van der Waals surface area contributed by atoms with Crippen LogP contribution in [0.4, 0.5) is 87.8 Å². The van der Waals surface area contributed by atoms with Gasteiger partial charge in [-0.15, -0.1) is 0 Å². The minimum absolute atomic E-state index is 0.253. The van der Waals surface area contributed by atoms with Crippen molar-refractivity contribution in [2.24, 2.45) is 5.92 Å². The van der Waals surface area contributed by atoms with Crippen LogP contribution in [0.2, 0.25) is 5.82 Å². The second-order valence-electron chi connectivity index (χ2n) is 17.5. The molecule has 7 aromatic carbocycles. The van der Waals surface area contributed by atoms with Gasteiger partial charge in [0.25, 0.3) is 0 Å². The molecule has 0 bridgehead atoms. The quantitative estimate of drug-likeness (QED) is 0.0356. The van der Waals surface area contributed by atoms with Gasteiger partial charge in [-0.05, 0) is 52.0 Å². The highest BCUT2D eigenvalue weighted by molar-refractivity contribution is 7.92. The van der Waals surface area contributed by atoms with Crippen LogP contribution in [0.5, 0.6) is 0 Å². The summed E-state index contributed by atoms with van der Waals surface area (Å²) in [6.45, 7) is -1.02. The van der Waals surface area contributed by atoms with E-state index in [1.54, 1.807) is 0 Å². The average Bonchev–Trinajstić information content (AvgIpc) is 3.83. The van der Waals surface area contributed by atoms with Crippen molar-refractivity contribution in [3.05, 3.63) is 213 Å². The molecular formula is C48H25B2F20OP. The van der Waals surface area contributed by atoms with Crippen LogP contribution in [0.15, 0.2) is 91.0 Å². The number of halogens is 20. The molecule has 374 valence electrons. The molecule has 7 aromatic rings. The molecule has 2 heterocycles. The summed E-state index contributed by atoms with van der Waals surface area (Å²) in [7, 11) is -4.79. The van der Waals surface area contributed by atoms with Crippen molar-refractivity contribution in [2.45, 2.75) is 24.9 Å². The zero-order chi connectivity index (χ0) is 52.4. The predicted molar refractivity (Wildman–Crippen MR) is 227 cm³/mol. The fourth-order valence-electron chi connectivity index (χ4n) is 12.2. The van der Waals surface area contributed by atoms with Gasteiger partial charge >= 0.3 is 12.7 Å². The molecule has 0 amide bonds. The maximum Gasteiger partial charge on any atom is 0.349 e. The summed E-state index contributed by atoms with van der Waals surface area (Å²) in [5.41, 5.74) is -14.4. The Morgan fingerprint density at radius 1 is 0.361 bits per heavy atom. The molecule has 1 nitrogen and oxygen atoms in total. The Morgan fingerprint density at radius 2 is 0.611 bits per heavy atom. The van der Waals surface area contributed by atoms with E-state index in [9.17, 15) is 0 Å². The van der Waals surface area contributed by atoms with Crippen LogP contribution in [-0.2, 0) is 10.8 Å². The summed E-state index contributed by atoms with van der Waals surface area (Å²) in [4.78, 5) is 0. The third kappa shape index (κ3) is 6.46. The lowest BCUT2D eigenvalue weighted by Crippen LogP contribution is -2.79. The van der Waals surface area contributed by atoms with Gasteiger partial charge in [0, 0.05) is 11.1 Å². The van der Waals surface area contributed by atoms with E-state index in [1.807, 2.05) is 0 Å². The van der Waals surface area contributed by atoms with Crippen LogP contribution in [0.3, 0.4) is 0 Å². The predicted octanol–water partition coefficient (Wildman–Crippen LogP) is 10.7. The van der Waals surface area contributed by atoms with Gasteiger partial charge in [-0.25, -0.2) is 87.8 Å². The highest BCUT2D eigenvalue weighted by atomic mass is 31.2. The Morgan fingerprint density at radius 3 is 0.903 bits per heavy atom. The zero-order valence-corrected chi connectivity index (χ0v) is 36.8. The topological polar surface area (TPSA) is 2.70 Å². The lowest BCUT2D eigenvalue weighted by molar-refractivity contribution is 0.151. The van der Waals surface area contributed by atoms with E-state index in [4.69, 9.17) is 0 Å². The van der Waals surface area contributed by atoms with Gasteiger partial charge in [0.1, 0.15) is 46.5 Å². The van der Waals surface area contributed by atoms with Crippen molar-refractivity contribution < 1.29 is 92.0 Å².